The molecule has 0 aliphatic carbocycles. The van der Waals surface area contributed by atoms with Crippen LogP contribution in [0.2, 0.25) is 0 Å². The molecule has 174 valence electrons. The molecule has 0 saturated heterocycles. The fourth-order valence-corrected chi connectivity index (χ4v) is 3.43. The summed E-state index contributed by atoms with van der Waals surface area (Å²) in [6.45, 7) is 1.69. The summed E-state index contributed by atoms with van der Waals surface area (Å²) < 4.78 is 45.5. The van der Waals surface area contributed by atoms with Crippen LogP contribution < -0.4 is 10.5 Å². The second-order valence-corrected chi connectivity index (χ2v) is 7.79. The van der Waals surface area contributed by atoms with Gasteiger partial charge in [0, 0.05) is 11.6 Å². The first kappa shape index (κ1) is 24.3. The summed E-state index contributed by atoms with van der Waals surface area (Å²) in [5.41, 5.74) is 8.39. The summed E-state index contributed by atoms with van der Waals surface area (Å²) in [4.78, 5) is 11.1. The Morgan fingerprint density at radius 1 is 1.00 bits per heavy atom. The van der Waals surface area contributed by atoms with Crippen molar-refractivity contribution in [3.05, 3.63) is 89.0 Å². The highest BCUT2D eigenvalue weighted by molar-refractivity contribution is 5.71. The molecule has 0 aliphatic heterocycles. The summed E-state index contributed by atoms with van der Waals surface area (Å²) in [7, 11) is 0. The number of hydrogen-bond donors (Lipinski definition) is 3. The Kier molecular flexibility index (Phi) is 7.40. The average Bonchev–Trinajstić information content (AvgIpc) is 2.77. The number of aliphatic hydroxyl groups is 1. The lowest BCUT2D eigenvalue weighted by Crippen LogP contribution is -2.20. The zero-order chi connectivity index (χ0) is 24.2. The molecule has 2 atom stereocenters. The smallest absolute Gasteiger partial charge is 0.418 e. The molecule has 3 aromatic rings. The number of nitrogens with two attached hydrogens (primary N) is 1. The van der Waals surface area contributed by atoms with Gasteiger partial charge in [-0.3, -0.25) is 4.79 Å². The van der Waals surface area contributed by atoms with E-state index in [1.54, 1.807) is 55.5 Å². The van der Waals surface area contributed by atoms with Crippen molar-refractivity contribution in [3.63, 3.8) is 0 Å². The van der Waals surface area contributed by atoms with E-state index >= 15 is 0 Å². The Hall–Kier alpha value is -3.36. The molecule has 0 saturated carbocycles. The van der Waals surface area contributed by atoms with E-state index in [1.807, 2.05) is 6.07 Å². The molecule has 3 aromatic carbocycles. The molecule has 0 aromatic heterocycles. The number of alkyl halides is 3. The van der Waals surface area contributed by atoms with E-state index in [0.717, 1.165) is 5.56 Å². The lowest BCUT2D eigenvalue weighted by Gasteiger charge is -2.18. The van der Waals surface area contributed by atoms with Crippen LogP contribution in [0, 0.1) is 0 Å². The van der Waals surface area contributed by atoms with Crippen LogP contribution in [0.4, 0.5) is 13.2 Å². The maximum atomic E-state index is 13.2. The number of hydrogen-bond acceptors (Lipinski definition) is 4. The number of carboxylic acids is 1. The minimum absolute atomic E-state index is 0.116. The van der Waals surface area contributed by atoms with Gasteiger partial charge in [0.1, 0.15) is 12.4 Å². The fourth-order valence-electron chi connectivity index (χ4n) is 3.43. The summed E-state index contributed by atoms with van der Waals surface area (Å²) in [6, 6.07) is 17.6. The van der Waals surface area contributed by atoms with E-state index in [2.05, 4.69) is 0 Å². The van der Waals surface area contributed by atoms with E-state index < -0.39 is 18.2 Å². The van der Waals surface area contributed by atoms with E-state index in [4.69, 9.17) is 15.6 Å². The number of para-hydroxylation sites is 1. The molecule has 8 heteroatoms. The van der Waals surface area contributed by atoms with Crippen LogP contribution in [0.15, 0.2) is 66.7 Å². The molecule has 4 N–H and O–H groups in total. The average molecular weight is 459 g/mol. The fraction of sp³-hybridized carbons (Fsp3) is 0.240. The molecule has 0 aliphatic rings. The molecule has 0 amide bonds. The minimum atomic E-state index is -4.83. The van der Waals surface area contributed by atoms with Crippen LogP contribution in [-0.2, 0) is 17.8 Å². The summed E-state index contributed by atoms with van der Waals surface area (Å²) in [5, 5.41) is 18.9. The lowest BCUT2D eigenvalue weighted by atomic mass is 9.95. The first-order chi connectivity index (χ1) is 15.5. The first-order valence-electron chi connectivity index (χ1n) is 10.2. The molecule has 0 bridgehead atoms. The van der Waals surface area contributed by atoms with Gasteiger partial charge in [0.05, 0.1) is 6.42 Å². The third-order valence-electron chi connectivity index (χ3n) is 5.10. The lowest BCUT2D eigenvalue weighted by molar-refractivity contribution is -0.206. The molecular formula is C25H24F3NO4. The maximum absolute atomic E-state index is 13.2. The van der Waals surface area contributed by atoms with Crippen molar-refractivity contribution in [3.8, 4) is 16.9 Å². The predicted octanol–water partition coefficient (Wildman–Crippen LogP) is 5.18. The number of aliphatic hydroxyl groups excluding tert-OH is 1. The van der Waals surface area contributed by atoms with Gasteiger partial charge in [0.15, 0.2) is 6.10 Å². The van der Waals surface area contributed by atoms with Crippen molar-refractivity contribution in [2.75, 3.05) is 0 Å². The predicted molar refractivity (Wildman–Crippen MR) is 118 cm³/mol. The zero-order valence-corrected chi connectivity index (χ0v) is 17.8. The van der Waals surface area contributed by atoms with Crippen LogP contribution in [0.1, 0.15) is 41.3 Å². The van der Waals surface area contributed by atoms with Crippen LogP contribution in [0.5, 0.6) is 5.75 Å². The van der Waals surface area contributed by atoms with Gasteiger partial charge in [0.2, 0.25) is 0 Å². The van der Waals surface area contributed by atoms with Crippen molar-refractivity contribution < 1.29 is 32.9 Å². The summed E-state index contributed by atoms with van der Waals surface area (Å²) in [6.07, 6.45) is -7.75. The molecule has 0 spiro atoms. The van der Waals surface area contributed by atoms with Crippen molar-refractivity contribution in [2.24, 2.45) is 5.73 Å². The number of benzene rings is 3. The van der Waals surface area contributed by atoms with Crippen molar-refractivity contribution >= 4 is 5.97 Å². The Labute approximate surface area is 189 Å². The number of ether oxygens (including phenoxy) is 1. The monoisotopic (exact) mass is 459 g/mol. The summed E-state index contributed by atoms with van der Waals surface area (Å²) >= 11 is 0. The quantitative estimate of drug-likeness (QED) is 0.432. The number of halogens is 3. The van der Waals surface area contributed by atoms with Gasteiger partial charge in [-0.25, -0.2) is 0 Å². The largest absolute Gasteiger partial charge is 0.489 e. The van der Waals surface area contributed by atoms with Crippen molar-refractivity contribution in [2.45, 2.75) is 38.3 Å². The van der Waals surface area contributed by atoms with E-state index in [0.29, 0.717) is 28.0 Å². The third kappa shape index (κ3) is 6.34. The molecule has 0 fully saturated rings. The van der Waals surface area contributed by atoms with Gasteiger partial charge in [-0.1, -0.05) is 36.4 Å². The normalized spacial score (nSPS) is 13.4. The Morgan fingerprint density at radius 3 is 2.36 bits per heavy atom. The molecule has 0 heterocycles. The Balaban J connectivity index is 1.99. The second-order valence-electron chi connectivity index (χ2n) is 7.79. The Bertz CT molecular complexity index is 1130. The minimum Gasteiger partial charge on any atom is -0.489 e. The van der Waals surface area contributed by atoms with Gasteiger partial charge in [-0.05, 0) is 65.1 Å². The molecular weight excluding hydrogens is 435 g/mol. The second kappa shape index (κ2) is 10.1. The zero-order valence-electron chi connectivity index (χ0n) is 17.8. The molecule has 1 unspecified atom stereocenters. The van der Waals surface area contributed by atoms with E-state index in [9.17, 15) is 23.1 Å². The SMILES string of the molecule is C[C@@H](N)c1cccc(-c2cc(COc3ccccc3CC(=O)O)cc(C(O)C(F)(F)F)c2)c1. The Morgan fingerprint density at radius 2 is 1.70 bits per heavy atom. The van der Waals surface area contributed by atoms with Crippen LogP contribution >= 0.6 is 0 Å². The molecule has 3 rings (SSSR count). The van der Waals surface area contributed by atoms with Crippen LogP contribution in [0.3, 0.4) is 0 Å². The topological polar surface area (TPSA) is 92.8 Å². The highest BCUT2D eigenvalue weighted by Gasteiger charge is 2.39. The van der Waals surface area contributed by atoms with Gasteiger partial charge in [-0.2, -0.15) is 13.2 Å². The molecule has 0 radical (unpaired) electrons. The number of aliphatic carboxylic acids is 1. The third-order valence-corrected chi connectivity index (χ3v) is 5.10. The molecule has 33 heavy (non-hydrogen) atoms. The first-order valence-corrected chi connectivity index (χ1v) is 10.2. The van der Waals surface area contributed by atoms with Gasteiger partial charge in [0.25, 0.3) is 0 Å². The number of rotatable bonds is 8. The van der Waals surface area contributed by atoms with Gasteiger partial charge >= 0.3 is 12.1 Å². The van der Waals surface area contributed by atoms with Crippen molar-refractivity contribution in [1.82, 2.24) is 0 Å². The molecule has 5 nitrogen and oxygen atoms in total. The standard InChI is InChI=1S/C25H24F3NO4/c1-15(29)17-6-4-7-18(11-17)20-9-16(10-21(12-20)24(32)25(26,27)28)14-33-22-8-3-2-5-19(22)13-23(30)31/h2-12,15,24,32H,13-14,29H2,1H3,(H,30,31)/t15-,24?/m1/s1. The van der Waals surface area contributed by atoms with Crippen LogP contribution in [0.25, 0.3) is 11.1 Å². The maximum Gasteiger partial charge on any atom is 0.418 e. The van der Waals surface area contributed by atoms with E-state index in [-0.39, 0.29) is 24.6 Å². The highest BCUT2D eigenvalue weighted by atomic mass is 19.4. The van der Waals surface area contributed by atoms with Gasteiger partial charge < -0.3 is 20.7 Å². The van der Waals surface area contributed by atoms with E-state index in [1.165, 1.54) is 12.1 Å². The summed E-state index contributed by atoms with van der Waals surface area (Å²) in [5.74, 6) is -0.708. The highest BCUT2D eigenvalue weighted by Crippen LogP contribution is 2.35. The van der Waals surface area contributed by atoms with Gasteiger partial charge in [-0.15, -0.1) is 0 Å². The number of carbonyl (C=O) groups is 1. The van der Waals surface area contributed by atoms with Crippen LogP contribution in [-0.4, -0.2) is 22.4 Å². The number of carboxylic acid groups (broad SMARTS) is 1. The van der Waals surface area contributed by atoms with Crippen molar-refractivity contribution in [1.29, 1.82) is 0 Å².